The molecule has 3 rings (SSSR count). The Labute approximate surface area is 166 Å². The van der Waals surface area contributed by atoms with E-state index in [2.05, 4.69) is 10.1 Å². The molecule has 0 aromatic carbocycles. The summed E-state index contributed by atoms with van der Waals surface area (Å²) in [6.45, 7) is 7.68. The normalized spacial score (nSPS) is 16.9. The Morgan fingerprint density at radius 3 is 2.54 bits per heavy atom. The predicted octanol–water partition coefficient (Wildman–Crippen LogP) is 2.34. The maximum absolute atomic E-state index is 12.9. The zero-order chi connectivity index (χ0) is 20.5. The Bertz CT molecular complexity index is 960. The number of aromatic nitrogens is 3. The van der Waals surface area contributed by atoms with Crippen LogP contribution in [0.1, 0.15) is 42.8 Å². The van der Waals surface area contributed by atoms with E-state index in [9.17, 15) is 13.2 Å². The fourth-order valence-corrected chi connectivity index (χ4v) is 4.83. The lowest BCUT2D eigenvalue weighted by atomic mass is 9.92. The van der Waals surface area contributed by atoms with E-state index in [1.807, 2.05) is 36.4 Å². The first-order chi connectivity index (χ1) is 13.2. The SMILES string of the molecule is Cc1cc(C)n(C[C@H](C)C(=O)N2CCC(c3ncccc3S(C)(=O)=O)CC2)n1. The van der Waals surface area contributed by atoms with E-state index >= 15 is 0 Å². The molecule has 1 fully saturated rings. The number of nitrogens with zero attached hydrogens (tertiary/aromatic N) is 4. The van der Waals surface area contributed by atoms with Gasteiger partial charge in [-0.05, 0) is 44.9 Å². The van der Waals surface area contributed by atoms with Gasteiger partial charge in [-0.3, -0.25) is 14.5 Å². The van der Waals surface area contributed by atoms with Crippen LogP contribution in [0.15, 0.2) is 29.3 Å². The number of rotatable bonds is 5. The summed E-state index contributed by atoms with van der Waals surface area (Å²) in [4.78, 5) is 19.4. The second kappa shape index (κ2) is 8.03. The van der Waals surface area contributed by atoms with Crippen molar-refractivity contribution < 1.29 is 13.2 Å². The molecule has 0 saturated carbocycles. The average molecular weight is 405 g/mol. The van der Waals surface area contributed by atoms with Crippen LogP contribution < -0.4 is 0 Å². The van der Waals surface area contributed by atoms with Gasteiger partial charge in [-0.15, -0.1) is 0 Å². The highest BCUT2D eigenvalue weighted by Crippen LogP contribution is 2.31. The molecule has 28 heavy (non-hydrogen) atoms. The van der Waals surface area contributed by atoms with Crippen LogP contribution in [0.25, 0.3) is 0 Å². The summed E-state index contributed by atoms with van der Waals surface area (Å²) in [5.74, 6) is 0.0210. The number of carbonyl (C=O) groups is 1. The minimum absolute atomic E-state index is 0.0568. The highest BCUT2D eigenvalue weighted by molar-refractivity contribution is 7.90. The quantitative estimate of drug-likeness (QED) is 0.764. The van der Waals surface area contributed by atoms with E-state index in [1.165, 1.54) is 6.26 Å². The predicted molar refractivity (Wildman–Crippen MR) is 107 cm³/mol. The number of aryl methyl sites for hydroxylation is 2. The van der Waals surface area contributed by atoms with Crippen LogP contribution in [-0.4, -0.2) is 53.3 Å². The molecule has 2 aromatic rings. The molecule has 1 saturated heterocycles. The van der Waals surface area contributed by atoms with Crippen molar-refractivity contribution in [2.75, 3.05) is 19.3 Å². The minimum Gasteiger partial charge on any atom is -0.342 e. The van der Waals surface area contributed by atoms with Gasteiger partial charge in [-0.1, -0.05) is 6.92 Å². The topological polar surface area (TPSA) is 85.2 Å². The summed E-state index contributed by atoms with van der Waals surface area (Å²) < 4.78 is 26.0. The van der Waals surface area contributed by atoms with E-state index in [-0.39, 0.29) is 17.7 Å². The third-order valence-corrected chi connectivity index (χ3v) is 6.51. The Hall–Kier alpha value is -2.22. The van der Waals surface area contributed by atoms with Gasteiger partial charge < -0.3 is 4.90 Å². The van der Waals surface area contributed by atoms with E-state index in [4.69, 9.17) is 0 Å². The third kappa shape index (κ3) is 4.43. The molecule has 0 unspecified atom stereocenters. The van der Waals surface area contributed by atoms with Crippen LogP contribution in [0.2, 0.25) is 0 Å². The van der Waals surface area contributed by atoms with Crippen molar-refractivity contribution in [3.05, 3.63) is 41.5 Å². The molecular formula is C20H28N4O3S. The minimum atomic E-state index is -3.32. The second-order valence-corrected chi connectivity index (χ2v) is 9.75. The molecule has 2 aromatic heterocycles. The number of pyridine rings is 1. The second-order valence-electron chi connectivity index (χ2n) is 7.77. The molecule has 0 radical (unpaired) electrons. The zero-order valence-corrected chi connectivity index (χ0v) is 17.7. The highest BCUT2D eigenvalue weighted by Gasteiger charge is 2.30. The molecule has 1 atom stereocenters. The molecule has 3 heterocycles. The van der Waals surface area contributed by atoms with Gasteiger partial charge in [0.2, 0.25) is 5.91 Å². The lowest BCUT2D eigenvalue weighted by molar-refractivity contribution is -0.136. The molecule has 1 amide bonds. The smallest absolute Gasteiger partial charge is 0.227 e. The van der Waals surface area contributed by atoms with Gasteiger partial charge in [-0.25, -0.2) is 8.42 Å². The summed E-state index contributed by atoms with van der Waals surface area (Å²) >= 11 is 0. The largest absolute Gasteiger partial charge is 0.342 e. The van der Waals surface area contributed by atoms with Crippen molar-refractivity contribution in [1.29, 1.82) is 0 Å². The van der Waals surface area contributed by atoms with Gasteiger partial charge in [-0.2, -0.15) is 5.10 Å². The van der Waals surface area contributed by atoms with Crippen molar-refractivity contribution in [2.45, 2.75) is 51.0 Å². The summed E-state index contributed by atoms with van der Waals surface area (Å²) in [7, 11) is -3.32. The number of hydrogen-bond donors (Lipinski definition) is 0. The van der Waals surface area contributed by atoms with Gasteiger partial charge in [0, 0.05) is 37.2 Å². The van der Waals surface area contributed by atoms with Crippen LogP contribution >= 0.6 is 0 Å². The number of carbonyl (C=O) groups excluding carboxylic acids is 1. The Kier molecular flexibility index (Phi) is 5.88. The van der Waals surface area contributed by atoms with E-state index in [0.29, 0.717) is 30.2 Å². The third-order valence-electron chi connectivity index (χ3n) is 5.36. The monoisotopic (exact) mass is 404 g/mol. The van der Waals surface area contributed by atoms with E-state index in [0.717, 1.165) is 24.2 Å². The van der Waals surface area contributed by atoms with Crippen LogP contribution in [-0.2, 0) is 21.2 Å². The molecular weight excluding hydrogens is 376 g/mol. The molecule has 0 aliphatic carbocycles. The maximum atomic E-state index is 12.9. The molecule has 1 aliphatic heterocycles. The molecule has 0 bridgehead atoms. The fourth-order valence-electron chi connectivity index (χ4n) is 3.91. The van der Waals surface area contributed by atoms with Gasteiger partial charge in [0.25, 0.3) is 0 Å². The Morgan fingerprint density at radius 2 is 1.96 bits per heavy atom. The summed E-state index contributed by atoms with van der Waals surface area (Å²) in [5.41, 5.74) is 2.64. The summed E-state index contributed by atoms with van der Waals surface area (Å²) in [6, 6.07) is 5.28. The average Bonchev–Trinajstić information content (AvgIpc) is 2.97. The van der Waals surface area contributed by atoms with Gasteiger partial charge >= 0.3 is 0 Å². The van der Waals surface area contributed by atoms with Crippen molar-refractivity contribution >= 4 is 15.7 Å². The first-order valence-corrected chi connectivity index (χ1v) is 11.5. The van der Waals surface area contributed by atoms with E-state index in [1.54, 1.807) is 18.3 Å². The Morgan fingerprint density at radius 1 is 1.29 bits per heavy atom. The molecule has 1 aliphatic rings. The lowest BCUT2D eigenvalue weighted by Crippen LogP contribution is -2.42. The number of sulfone groups is 1. The van der Waals surface area contributed by atoms with Gasteiger partial charge in [0.15, 0.2) is 9.84 Å². The van der Waals surface area contributed by atoms with Crippen molar-refractivity contribution in [1.82, 2.24) is 19.7 Å². The van der Waals surface area contributed by atoms with Gasteiger partial charge in [0.05, 0.1) is 28.7 Å². The summed E-state index contributed by atoms with van der Waals surface area (Å²) in [5, 5.41) is 4.44. The lowest BCUT2D eigenvalue weighted by Gasteiger charge is -2.34. The maximum Gasteiger partial charge on any atom is 0.227 e. The standard InChI is InChI=1S/C20H28N4O3S/c1-14(13-24-16(3)12-15(2)22-24)20(25)23-10-7-17(8-11-23)19-18(28(4,26)27)6-5-9-21-19/h5-6,9,12,14,17H,7-8,10-11,13H2,1-4H3/t14-/m0/s1. The van der Waals surface area contributed by atoms with Crippen molar-refractivity contribution in [3.63, 3.8) is 0 Å². The Balaban J connectivity index is 1.64. The van der Waals surface area contributed by atoms with Crippen molar-refractivity contribution in [3.8, 4) is 0 Å². The molecule has 0 N–H and O–H groups in total. The molecule has 7 nitrogen and oxygen atoms in total. The summed E-state index contributed by atoms with van der Waals surface area (Å²) in [6.07, 6.45) is 4.29. The number of hydrogen-bond acceptors (Lipinski definition) is 5. The fraction of sp³-hybridized carbons (Fsp3) is 0.550. The number of amides is 1. The van der Waals surface area contributed by atoms with Crippen molar-refractivity contribution in [2.24, 2.45) is 5.92 Å². The van der Waals surface area contributed by atoms with Crippen LogP contribution in [0.3, 0.4) is 0 Å². The first kappa shape index (κ1) is 20.5. The van der Waals surface area contributed by atoms with Crippen LogP contribution in [0.5, 0.6) is 0 Å². The number of likely N-dealkylation sites (tertiary alicyclic amines) is 1. The zero-order valence-electron chi connectivity index (χ0n) is 16.9. The van der Waals surface area contributed by atoms with E-state index < -0.39 is 9.84 Å². The van der Waals surface area contributed by atoms with Crippen LogP contribution in [0.4, 0.5) is 0 Å². The first-order valence-electron chi connectivity index (χ1n) is 9.61. The molecule has 152 valence electrons. The van der Waals surface area contributed by atoms with Crippen LogP contribution in [0, 0.1) is 19.8 Å². The highest BCUT2D eigenvalue weighted by atomic mass is 32.2. The molecule has 8 heteroatoms. The van der Waals surface area contributed by atoms with Gasteiger partial charge in [0.1, 0.15) is 0 Å². The number of piperidine rings is 1. The molecule has 0 spiro atoms.